The molecule has 2 N–H and O–H groups in total. The van der Waals surface area contributed by atoms with Crippen molar-refractivity contribution >= 4 is 17.6 Å². The van der Waals surface area contributed by atoms with Gasteiger partial charge in [-0.05, 0) is 56.3 Å². The fourth-order valence-electron chi connectivity index (χ4n) is 3.72. The van der Waals surface area contributed by atoms with E-state index in [1.165, 1.54) is 0 Å². The molecule has 5 rings (SSSR count). The van der Waals surface area contributed by atoms with Crippen LogP contribution in [0.2, 0.25) is 0 Å². The van der Waals surface area contributed by atoms with Crippen LogP contribution in [0.4, 0.5) is 11.6 Å². The molecule has 1 aliphatic rings. The first-order chi connectivity index (χ1) is 17.1. The van der Waals surface area contributed by atoms with Gasteiger partial charge in [0.15, 0.2) is 5.82 Å². The molecule has 10 heteroatoms. The van der Waals surface area contributed by atoms with Crippen LogP contribution < -0.4 is 10.6 Å². The number of aromatic nitrogens is 6. The minimum Gasteiger partial charge on any atom is -0.457 e. The van der Waals surface area contributed by atoms with Crippen molar-refractivity contribution in [2.45, 2.75) is 25.9 Å². The van der Waals surface area contributed by atoms with E-state index in [9.17, 15) is 4.79 Å². The van der Waals surface area contributed by atoms with Gasteiger partial charge in [0.25, 0.3) is 0 Å². The first kappa shape index (κ1) is 22.5. The van der Waals surface area contributed by atoms with Crippen LogP contribution in [0.3, 0.4) is 0 Å². The van der Waals surface area contributed by atoms with Crippen LogP contribution in [0.1, 0.15) is 34.0 Å². The zero-order chi connectivity index (χ0) is 24.0. The monoisotopic (exact) mass is 468 g/mol. The highest BCUT2D eigenvalue weighted by molar-refractivity contribution is 5.89. The lowest BCUT2D eigenvalue weighted by Crippen LogP contribution is -2.21. The molecule has 4 aromatic heterocycles. The molecule has 0 bridgehead atoms. The van der Waals surface area contributed by atoms with Gasteiger partial charge < -0.3 is 15.4 Å². The number of esters is 1. The number of hydrogen-bond acceptors (Lipinski definition) is 10. The predicted octanol–water partition coefficient (Wildman–Crippen LogP) is 2.89. The summed E-state index contributed by atoms with van der Waals surface area (Å²) in [5.41, 5.74) is 2.74. The molecule has 10 nitrogen and oxygen atoms in total. The highest BCUT2D eigenvalue weighted by Gasteiger charge is 2.20. The Kier molecular flexibility index (Phi) is 6.62. The highest BCUT2D eigenvalue weighted by Crippen LogP contribution is 2.18. The maximum absolute atomic E-state index is 12.5. The van der Waals surface area contributed by atoms with Gasteiger partial charge in [0.05, 0.1) is 12.0 Å². The topological polar surface area (TPSA) is 128 Å². The highest BCUT2D eigenvalue weighted by atomic mass is 16.5. The van der Waals surface area contributed by atoms with Crippen LogP contribution in [0, 0.1) is 6.92 Å². The van der Waals surface area contributed by atoms with Crippen LogP contribution in [0.5, 0.6) is 0 Å². The van der Waals surface area contributed by atoms with Gasteiger partial charge in [-0.25, -0.2) is 29.7 Å². The number of carbonyl (C=O) groups is 1. The summed E-state index contributed by atoms with van der Waals surface area (Å²) >= 11 is 0. The lowest BCUT2D eigenvalue weighted by molar-refractivity contribution is 0.0344. The number of hydrogen-bond donors (Lipinski definition) is 2. The van der Waals surface area contributed by atoms with E-state index in [1.54, 1.807) is 42.9 Å². The molecule has 1 fully saturated rings. The second kappa shape index (κ2) is 10.3. The van der Waals surface area contributed by atoms with Crippen molar-refractivity contribution in [1.82, 2.24) is 35.2 Å². The average molecular weight is 469 g/mol. The largest absolute Gasteiger partial charge is 0.457 e. The van der Waals surface area contributed by atoms with E-state index in [0.717, 1.165) is 18.7 Å². The average Bonchev–Trinajstić information content (AvgIpc) is 3.38. The van der Waals surface area contributed by atoms with E-state index in [1.807, 2.05) is 25.1 Å². The predicted molar refractivity (Wildman–Crippen MR) is 129 cm³/mol. The minimum absolute atomic E-state index is 0.0887. The molecule has 176 valence electrons. The van der Waals surface area contributed by atoms with Crippen LogP contribution in [0.25, 0.3) is 11.5 Å². The molecule has 0 unspecified atom stereocenters. The molecule has 0 spiro atoms. The summed E-state index contributed by atoms with van der Waals surface area (Å²) in [7, 11) is 0. The Morgan fingerprint density at radius 2 is 1.86 bits per heavy atom. The number of aryl methyl sites for hydroxylation is 1. The van der Waals surface area contributed by atoms with Crippen molar-refractivity contribution in [2.24, 2.45) is 0 Å². The molecule has 1 saturated heterocycles. The van der Waals surface area contributed by atoms with Crippen LogP contribution in [0.15, 0.2) is 61.1 Å². The van der Waals surface area contributed by atoms with Crippen molar-refractivity contribution in [1.29, 1.82) is 0 Å². The Morgan fingerprint density at radius 3 is 2.69 bits per heavy atom. The summed E-state index contributed by atoms with van der Waals surface area (Å²) in [6, 6.07) is 12.6. The van der Waals surface area contributed by atoms with Crippen molar-refractivity contribution in [3.8, 4) is 11.5 Å². The Labute approximate surface area is 202 Å². The van der Waals surface area contributed by atoms with Gasteiger partial charge in [-0.3, -0.25) is 4.98 Å². The molecule has 1 atom stereocenters. The van der Waals surface area contributed by atoms with Gasteiger partial charge in [0, 0.05) is 36.5 Å². The lowest BCUT2D eigenvalue weighted by Gasteiger charge is -2.11. The van der Waals surface area contributed by atoms with Crippen molar-refractivity contribution in [3.05, 3.63) is 83.8 Å². The second-order valence-electron chi connectivity index (χ2n) is 8.15. The number of rotatable bonds is 7. The Bertz CT molecular complexity index is 1340. The SMILES string of the molecule is Cc1cccc(-c2nccc(Nc3ccnc(Cc4cc(C(=O)O[C@H]5CCNC5)ccn4)n3)n2)n1. The van der Waals surface area contributed by atoms with Crippen LogP contribution in [-0.2, 0) is 11.2 Å². The summed E-state index contributed by atoms with van der Waals surface area (Å²) < 4.78 is 5.55. The summed E-state index contributed by atoms with van der Waals surface area (Å²) in [5.74, 6) is 1.91. The van der Waals surface area contributed by atoms with E-state index < -0.39 is 0 Å². The summed E-state index contributed by atoms with van der Waals surface area (Å²) in [6.45, 7) is 3.47. The number of ether oxygens (including phenoxy) is 1. The van der Waals surface area contributed by atoms with Gasteiger partial charge in [0.1, 0.15) is 29.3 Å². The molecule has 0 saturated carbocycles. The molecule has 5 heterocycles. The summed E-state index contributed by atoms with van der Waals surface area (Å²) in [6.07, 6.45) is 6.04. The molecule has 0 aromatic carbocycles. The molecule has 35 heavy (non-hydrogen) atoms. The molecule has 4 aromatic rings. The van der Waals surface area contributed by atoms with Crippen LogP contribution >= 0.6 is 0 Å². The zero-order valence-electron chi connectivity index (χ0n) is 19.2. The standard InChI is InChI=1S/C25H24N8O2/c1-16-3-2-4-20(30-16)24-29-12-8-22(33-24)31-21-7-11-28-23(32-21)14-18-13-17(5-10-27-18)25(34)35-19-6-9-26-15-19/h2-5,7-8,10-13,19,26H,6,9,14-15H2,1H3,(H,28,29,31,32,33)/t19-/m0/s1. The summed E-state index contributed by atoms with van der Waals surface area (Å²) in [5, 5.41) is 6.38. The molecular weight excluding hydrogens is 444 g/mol. The molecule has 0 amide bonds. The third-order valence-electron chi connectivity index (χ3n) is 5.41. The van der Waals surface area contributed by atoms with E-state index >= 15 is 0 Å². The third-order valence-corrected chi connectivity index (χ3v) is 5.41. The van der Waals surface area contributed by atoms with Crippen molar-refractivity contribution in [2.75, 3.05) is 18.4 Å². The first-order valence-electron chi connectivity index (χ1n) is 11.3. The van der Waals surface area contributed by atoms with E-state index in [-0.39, 0.29) is 12.1 Å². The Balaban J connectivity index is 1.28. The summed E-state index contributed by atoms with van der Waals surface area (Å²) in [4.78, 5) is 39.1. The Hall–Kier alpha value is -4.31. The third kappa shape index (κ3) is 5.79. The molecule has 0 radical (unpaired) electrons. The number of nitrogens with zero attached hydrogens (tertiary/aromatic N) is 6. The van der Waals surface area contributed by atoms with Gasteiger partial charge >= 0.3 is 5.97 Å². The number of anilines is 2. The van der Waals surface area contributed by atoms with Crippen molar-refractivity contribution in [3.63, 3.8) is 0 Å². The maximum Gasteiger partial charge on any atom is 0.338 e. The van der Waals surface area contributed by atoms with Gasteiger partial charge in [-0.15, -0.1) is 0 Å². The van der Waals surface area contributed by atoms with E-state index in [4.69, 9.17) is 4.74 Å². The minimum atomic E-state index is -0.346. The molecule has 1 aliphatic heterocycles. The van der Waals surface area contributed by atoms with E-state index in [0.29, 0.717) is 53.2 Å². The Morgan fingerprint density at radius 1 is 1.03 bits per heavy atom. The molecular formula is C25H24N8O2. The smallest absolute Gasteiger partial charge is 0.338 e. The van der Waals surface area contributed by atoms with Crippen molar-refractivity contribution < 1.29 is 9.53 Å². The lowest BCUT2D eigenvalue weighted by atomic mass is 10.2. The fraction of sp³-hybridized carbons (Fsp3) is 0.240. The van der Waals surface area contributed by atoms with Gasteiger partial charge in [0.2, 0.25) is 0 Å². The number of nitrogens with one attached hydrogen (secondary N) is 2. The van der Waals surface area contributed by atoms with Gasteiger partial charge in [-0.1, -0.05) is 6.07 Å². The first-order valence-corrected chi connectivity index (χ1v) is 11.3. The fourth-order valence-corrected chi connectivity index (χ4v) is 3.72. The number of carbonyl (C=O) groups excluding carboxylic acids is 1. The number of pyridine rings is 2. The quantitative estimate of drug-likeness (QED) is 0.391. The van der Waals surface area contributed by atoms with Gasteiger partial charge in [-0.2, -0.15) is 0 Å². The normalized spacial score (nSPS) is 15.1. The second-order valence-corrected chi connectivity index (χ2v) is 8.15. The molecule has 0 aliphatic carbocycles. The zero-order valence-corrected chi connectivity index (χ0v) is 19.2. The van der Waals surface area contributed by atoms with E-state index in [2.05, 4.69) is 40.5 Å². The van der Waals surface area contributed by atoms with Crippen LogP contribution in [-0.4, -0.2) is 55.1 Å². The maximum atomic E-state index is 12.5.